The number of benzene rings is 8. The minimum absolute atomic E-state index is 0.723. The van der Waals surface area contributed by atoms with Gasteiger partial charge >= 0.3 is 0 Å². The molecule has 0 aliphatic carbocycles. The van der Waals surface area contributed by atoms with E-state index in [1.54, 1.807) is 0 Å². The molecule has 11 rings (SSSR count). The molecule has 0 atom stereocenters. The topological polar surface area (TPSA) is 35.6 Å². The van der Waals surface area contributed by atoms with Crippen molar-refractivity contribution in [2.75, 3.05) is 0 Å². The number of aromatic nitrogens is 4. The van der Waals surface area contributed by atoms with Crippen LogP contribution in [-0.4, -0.2) is 19.1 Å². The van der Waals surface area contributed by atoms with Crippen LogP contribution in [0.25, 0.3) is 105 Å². The van der Waals surface area contributed by atoms with Gasteiger partial charge in [-0.1, -0.05) is 133 Å². The van der Waals surface area contributed by atoms with Gasteiger partial charge in [0.05, 0.1) is 27.9 Å². The van der Waals surface area contributed by atoms with Crippen LogP contribution < -0.4 is 0 Å². The average Bonchev–Trinajstić information content (AvgIpc) is 3.71. The highest BCUT2D eigenvalue weighted by molar-refractivity contribution is 6.17. The van der Waals surface area contributed by atoms with Gasteiger partial charge in [-0.05, 0) is 53.6 Å². The third-order valence-electron chi connectivity index (χ3n) is 10.9. The van der Waals surface area contributed by atoms with Crippen molar-refractivity contribution in [1.29, 1.82) is 0 Å². The van der Waals surface area contributed by atoms with Gasteiger partial charge in [-0.25, -0.2) is 9.97 Å². The summed E-state index contributed by atoms with van der Waals surface area (Å²) in [6, 6.07) is 63.0. The summed E-state index contributed by atoms with van der Waals surface area (Å²) in [7, 11) is 2.15. The van der Waals surface area contributed by atoms with E-state index in [0.29, 0.717) is 0 Å². The van der Waals surface area contributed by atoms with E-state index in [1.165, 1.54) is 43.7 Å². The number of hydrogen-bond donors (Lipinski definition) is 0. The fraction of sp³-hybridized carbons (Fsp3) is 0.0204. The molecule has 0 radical (unpaired) electrons. The van der Waals surface area contributed by atoms with E-state index in [-0.39, 0.29) is 0 Å². The Bertz CT molecular complexity index is 3230. The second kappa shape index (κ2) is 11.5. The maximum absolute atomic E-state index is 5.27. The first-order chi connectivity index (χ1) is 26.2. The number of hydrogen-bond acceptors (Lipinski definition) is 2. The molecular formula is C49H32N4. The van der Waals surface area contributed by atoms with Gasteiger partial charge in [0.1, 0.15) is 0 Å². The van der Waals surface area contributed by atoms with Crippen molar-refractivity contribution < 1.29 is 0 Å². The van der Waals surface area contributed by atoms with Gasteiger partial charge in [-0.2, -0.15) is 0 Å². The number of para-hydroxylation sites is 2. The lowest BCUT2D eigenvalue weighted by molar-refractivity contribution is 1.01. The summed E-state index contributed by atoms with van der Waals surface area (Å²) in [5.41, 5.74) is 12.3. The van der Waals surface area contributed by atoms with Gasteiger partial charge < -0.3 is 9.13 Å². The van der Waals surface area contributed by atoms with Crippen LogP contribution in [0.1, 0.15) is 0 Å². The van der Waals surface area contributed by atoms with Gasteiger partial charge in [0.2, 0.25) is 0 Å². The lowest BCUT2D eigenvalue weighted by atomic mass is 9.99. The molecule has 248 valence electrons. The monoisotopic (exact) mass is 676 g/mol. The zero-order chi connectivity index (χ0) is 35.0. The van der Waals surface area contributed by atoms with Crippen molar-refractivity contribution in [3.8, 4) is 39.5 Å². The Hall–Kier alpha value is -7.04. The quantitative estimate of drug-likeness (QED) is 0.174. The third-order valence-corrected chi connectivity index (χ3v) is 10.9. The van der Waals surface area contributed by atoms with E-state index in [0.717, 1.165) is 61.0 Å². The Balaban J connectivity index is 1.18. The Kier molecular flexibility index (Phi) is 6.43. The first kappa shape index (κ1) is 29.7. The van der Waals surface area contributed by atoms with E-state index in [4.69, 9.17) is 9.97 Å². The molecule has 0 amide bonds. The fourth-order valence-corrected chi connectivity index (χ4v) is 8.42. The molecule has 0 saturated heterocycles. The highest BCUT2D eigenvalue weighted by atomic mass is 15.0. The van der Waals surface area contributed by atoms with Gasteiger partial charge in [0.25, 0.3) is 0 Å². The number of aryl methyl sites for hydroxylation is 1. The van der Waals surface area contributed by atoms with Crippen LogP contribution in [0.3, 0.4) is 0 Å². The zero-order valence-corrected chi connectivity index (χ0v) is 29.0. The molecule has 3 heterocycles. The van der Waals surface area contributed by atoms with Crippen LogP contribution in [0, 0.1) is 0 Å². The van der Waals surface area contributed by atoms with Crippen LogP contribution >= 0.6 is 0 Å². The molecule has 0 aliphatic heterocycles. The molecule has 11 aromatic rings. The minimum atomic E-state index is 0.723. The second-order valence-electron chi connectivity index (χ2n) is 13.9. The lowest BCUT2D eigenvalue weighted by Gasteiger charge is -2.17. The zero-order valence-electron chi connectivity index (χ0n) is 29.0. The van der Waals surface area contributed by atoms with E-state index in [2.05, 4.69) is 174 Å². The van der Waals surface area contributed by atoms with Crippen molar-refractivity contribution in [3.05, 3.63) is 176 Å². The predicted molar refractivity (Wildman–Crippen MR) is 222 cm³/mol. The van der Waals surface area contributed by atoms with Crippen molar-refractivity contribution in [1.82, 2.24) is 19.1 Å². The van der Waals surface area contributed by atoms with Gasteiger partial charge in [-0.15, -0.1) is 0 Å². The Labute approximate surface area is 305 Å². The predicted octanol–water partition coefficient (Wildman–Crippen LogP) is 12.5. The molecule has 8 aromatic carbocycles. The summed E-state index contributed by atoms with van der Waals surface area (Å²) in [4.78, 5) is 10.5. The molecule has 4 heteroatoms. The summed E-state index contributed by atoms with van der Waals surface area (Å²) in [5, 5.41) is 8.26. The fourth-order valence-electron chi connectivity index (χ4n) is 8.42. The largest absolute Gasteiger partial charge is 0.344 e. The first-order valence-corrected chi connectivity index (χ1v) is 18.1. The number of nitrogens with zero attached hydrogens (tertiary/aromatic N) is 4. The molecule has 0 N–H and O–H groups in total. The van der Waals surface area contributed by atoms with Crippen LogP contribution in [0.5, 0.6) is 0 Å². The number of rotatable bonds is 4. The smallest absolute Gasteiger partial charge is 0.160 e. The Morgan fingerprint density at radius 3 is 1.58 bits per heavy atom. The highest BCUT2D eigenvalue weighted by Crippen LogP contribution is 2.41. The van der Waals surface area contributed by atoms with Gasteiger partial charge in [-0.3, -0.25) is 0 Å². The van der Waals surface area contributed by atoms with E-state index in [9.17, 15) is 0 Å². The van der Waals surface area contributed by atoms with Crippen LogP contribution in [0.15, 0.2) is 176 Å². The molecule has 53 heavy (non-hydrogen) atoms. The summed E-state index contributed by atoms with van der Waals surface area (Å²) in [5.74, 6) is 0.723. The normalized spacial score (nSPS) is 11.9. The maximum atomic E-state index is 5.27. The molecule has 0 fully saturated rings. The van der Waals surface area contributed by atoms with E-state index >= 15 is 0 Å². The molecular weight excluding hydrogens is 645 g/mol. The second-order valence-corrected chi connectivity index (χ2v) is 13.9. The molecule has 3 aromatic heterocycles. The van der Waals surface area contributed by atoms with Crippen LogP contribution in [-0.2, 0) is 7.05 Å². The maximum Gasteiger partial charge on any atom is 0.160 e. The molecule has 0 unspecified atom stereocenters. The summed E-state index contributed by atoms with van der Waals surface area (Å²) in [6.45, 7) is 0. The SMILES string of the molecule is Cn1c2ccccc2c2cc(-c3ccc4c(c3)c3ccccc3n4-c3cc4c(-c5ccccc5)nc(-c5ccccc5)nc4c4ccccc34)ccc21. The van der Waals surface area contributed by atoms with Crippen LogP contribution in [0.4, 0.5) is 0 Å². The van der Waals surface area contributed by atoms with E-state index < -0.39 is 0 Å². The lowest BCUT2D eigenvalue weighted by Crippen LogP contribution is -2.00. The summed E-state index contributed by atoms with van der Waals surface area (Å²) in [6.07, 6.45) is 0. The molecule has 0 aliphatic rings. The minimum Gasteiger partial charge on any atom is -0.344 e. The van der Waals surface area contributed by atoms with Crippen molar-refractivity contribution in [3.63, 3.8) is 0 Å². The standard InChI is InChI=1S/C49H32N4/c1-52-42-22-12-10-19-36(42)39-28-33(24-26-43(39)52)34-25-27-45-40(29-34)37-20-11-13-23-44(37)53(45)46-30-41-47(31-14-4-2-5-15-31)50-49(32-16-6-3-7-17-32)51-48(41)38-21-9-8-18-35(38)46/h2-30H,1H3. The van der Waals surface area contributed by atoms with Crippen LogP contribution in [0.2, 0.25) is 0 Å². The van der Waals surface area contributed by atoms with Crippen molar-refractivity contribution in [2.24, 2.45) is 7.05 Å². The first-order valence-electron chi connectivity index (χ1n) is 18.1. The Morgan fingerprint density at radius 2 is 0.868 bits per heavy atom. The van der Waals surface area contributed by atoms with Crippen molar-refractivity contribution >= 4 is 65.3 Å². The van der Waals surface area contributed by atoms with E-state index in [1.807, 2.05) is 18.2 Å². The van der Waals surface area contributed by atoms with Gasteiger partial charge in [0.15, 0.2) is 5.82 Å². The molecule has 4 nitrogen and oxygen atoms in total. The summed E-state index contributed by atoms with van der Waals surface area (Å²) < 4.78 is 4.72. The molecule has 0 saturated carbocycles. The van der Waals surface area contributed by atoms with Gasteiger partial charge in [0, 0.05) is 66.9 Å². The summed E-state index contributed by atoms with van der Waals surface area (Å²) >= 11 is 0. The highest BCUT2D eigenvalue weighted by Gasteiger charge is 2.20. The number of fused-ring (bicyclic) bond motifs is 9. The van der Waals surface area contributed by atoms with Crippen molar-refractivity contribution in [2.45, 2.75) is 0 Å². The third kappa shape index (κ3) is 4.49. The molecule has 0 spiro atoms. The average molecular weight is 677 g/mol. The molecule has 0 bridgehead atoms. The Morgan fingerprint density at radius 1 is 0.358 bits per heavy atom.